The lowest BCUT2D eigenvalue weighted by atomic mass is 9.99. The molecule has 0 aromatic rings. The number of nitrogens with one attached hydrogen (secondary N) is 1. The van der Waals surface area contributed by atoms with E-state index in [1.165, 1.54) is 199 Å². The first-order valence-corrected chi connectivity index (χ1v) is 33.3. The third-order valence-corrected chi connectivity index (χ3v) is 15.5. The van der Waals surface area contributed by atoms with E-state index in [9.17, 15) is 30.3 Å². The molecule has 1 heterocycles. The standard InChI is InChI=1S/C70H125NO8/c1-3-5-7-9-11-13-15-17-19-21-23-24-25-26-27-28-29-30-31-32-33-34-35-36-37-38-39-40-42-44-46-48-50-52-54-56-58-60-66(74)71-63(62-78-70-69(77)68(76)67(75)65(61-72)79-70)64(73)59-57-55-53-51-49-47-45-43-41-22-20-18-16-14-12-10-8-6-4-2/h5,7,11,13,17,19,23-24,26-27,29-30,57,59,63-65,67-70,72-73,75-77H,3-4,6,8-10,12,14-16,18,20-22,25,28,31-56,58,60-62H2,1-2H3,(H,71,74)/b7-5-,13-11-,19-17-,24-23-,27-26-,30-29-,59-57+. The molecule has 7 atom stereocenters. The third kappa shape index (κ3) is 47.6. The van der Waals surface area contributed by atoms with Crippen LogP contribution in [0, 0.1) is 0 Å². The van der Waals surface area contributed by atoms with Gasteiger partial charge < -0.3 is 40.3 Å². The van der Waals surface area contributed by atoms with Crippen molar-refractivity contribution in [2.45, 2.75) is 339 Å². The summed E-state index contributed by atoms with van der Waals surface area (Å²) in [5.41, 5.74) is 0. The molecule has 7 unspecified atom stereocenters. The molecule has 0 spiro atoms. The van der Waals surface area contributed by atoms with E-state index in [4.69, 9.17) is 9.47 Å². The van der Waals surface area contributed by atoms with E-state index in [0.29, 0.717) is 6.42 Å². The van der Waals surface area contributed by atoms with Crippen LogP contribution >= 0.6 is 0 Å². The SMILES string of the molecule is CC/C=C\C/C=C\C/C=C\C/C=C\C/C=C\C/C=C\CCCCCCCCCCCCCCCCCCCCC(=O)NC(COC1OC(CO)C(O)C(O)C1O)C(O)/C=C/CCCCCCCCCCCCCCCCCCC. The normalized spacial score (nSPS) is 19.1. The van der Waals surface area contributed by atoms with Gasteiger partial charge in [0, 0.05) is 6.42 Å². The molecule has 1 saturated heterocycles. The van der Waals surface area contributed by atoms with Gasteiger partial charge in [0.2, 0.25) is 5.91 Å². The molecule has 0 aliphatic carbocycles. The quantitative estimate of drug-likeness (QED) is 0.0261. The Kier molecular flexibility index (Phi) is 55.1. The van der Waals surface area contributed by atoms with Crippen LogP contribution in [0.15, 0.2) is 85.1 Å². The Morgan fingerprint density at radius 1 is 0.443 bits per heavy atom. The van der Waals surface area contributed by atoms with Crippen LogP contribution in [-0.4, -0.2) is 87.5 Å². The van der Waals surface area contributed by atoms with Gasteiger partial charge in [-0.05, 0) is 70.6 Å². The summed E-state index contributed by atoms with van der Waals surface area (Å²) in [6.45, 7) is 3.69. The van der Waals surface area contributed by atoms with Crippen molar-refractivity contribution >= 4 is 5.91 Å². The molecule has 0 bridgehead atoms. The number of allylic oxidation sites excluding steroid dienone is 13. The van der Waals surface area contributed by atoms with Crippen LogP contribution in [0.25, 0.3) is 0 Å². The third-order valence-electron chi connectivity index (χ3n) is 15.5. The highest BCUT2D eigenvalue weighted by Gasteiger charge is 2.44. The van der Waals surface area contributed by atoms with Gasteiger partial charge in [0.15, 0.2) is 6.29 Å². The number of unbranched alkanes of at least 4 members (excludes halogenated alkanes) is 35. The van der Waals surface area contributed by atoms with Crippen LogP contribution in [0.4, 0.5) is 0 Å². The number of hydrogen-bond donors (Lipinski definition) is 6. The predicted octanol–water partition coefficient (Wildman–Crippen LogP) is 17.7. The number of rotatable bonds is 57. The molecule has 0 radical (unpaired) electrons. The fraction of sp³-hybridized carbons (Fsp3) is 0.786. The first-order valence-electron chi connectivity index (χ1n) is 33.3. The van der Waals surface area contributed by atoms with Crippen molar-refractivity contribution in [3.05, 3.63) is 85.1 Å². The Balaban J connectivity index is 2.11. The van der Waals surface area contributed by atoms with Crippen molar-refractivity contribution < 1.29 is 39.8 Å². The molecule has 6 N–H and O–H groups in total. The maximum atomic E-state index is 13.1. The van der Waals surface area contributed by atoms with Gasteiger partial charge in [0.05, 0.1) is 25.4 Å². The van der Waals surface area contributed by atoms with Gasteiger partial charge in [-0.1, -0.05) is 304 Å². The summed E-state index contributed by atoms with van der Waals surface area (Å²) >= 11 is 0. The number of ether oxygens (including phenoxy) is 2. The molecule has 0 saturated carbocycles. The summed E-state index contributed by atoms with van der Waals surface area (Å²) in [4.78, 5) is 13.1. The number of carbonyl (C=O) groups excluding carboxylic acids is 1. The van der Waals surface area contributed by atoms with Crippen molar-refractivity contribution in [2.24, 2.45) is 0 Å². The molecule has 0 aromatic heterocycles. The van der Waals surface area contributed by atoms with E-state index >= 15 is 0 Å². The zero-order valence-electron chi connectivity index (χ0n) is 51.1. The average molecular weight is 1110 g/mol. The second-order valence-corrected chi connectivity index (χ2v) is 22.9. The van der Waals surface area contributed by atoms with Crippen molar-refractivity contribution in [2.75, 3.05) is 13.2 Å². The van der Waals surface area contributed by atoms with Gasteiger partial charge in [-0.3, -0.25) is 4.79 Å². The minimum atomic E-state index is -1.57. The molecular weight excluding hydrogens is 983 g/mol. The monoisotopic (exact) mass is 1110 g/mol. The lowest BCUT2D eigenvalue weighted by molar-refractivity contribution is -0.302. The van der Waals surface area contributed by atoms with Crippen LogP contribution in [0.5, 0.6) is 0 Å². The van der Waals surface area contributed by atoms with Crippen LogP contribution in [0.3, 0.4) is 0 Å². The number of aliphatic hydroxyl groups excluding tert-OH is 5. The van der Waals surface area contributed by atoms with E-state index in [2.05, 4.69) is 92.1 Å². The van der Waals surface area contributed by atoms with E-state index in [1.807, 2.05) is 6.08 Å². The molecule has 1 aliphatic heterocycles. The Morgan fingerprint density at radius 3 is 1.16 bits per heavy atom. The van der Waals surface area contributed by atoms with E-state index < -0.39 is 49.5 Å². The highest BCUT2D eigenvalue weighted by Crippen LogP contribution is 2.23. The Bertz CT molecular complexity index is 1520. The molecule has 1 fully saturated rings. The summed E-state index contributed by atoms with van der Waals surface area (Å²) in [5, 5.41) is 54.7. The summed E-state index contributed by atoms with van der Waals surface area (Å²) in [7, 11) is 0. The summed E-state index contributed by atoms with van der Waals surface area (Å²) in [5.74, 6) is -0.175. The van der Waals surface area contributed by atoms with E-state index in [0.717, 1.165) is 77.0 Å². The van der Waals surface area contributed by atoms with Gasteiger partial charge in [-0.25, -0.2) is 0 Å². The number of amides is 1. The molecule has 1 rings (SSSR count). The topological polar surface area (TPSA) is 149 Å². The van der Waals surface area contributed by atoms with E-state index in [1.54, 1.807) is 6.08 Å². The van der Waals surface area contributed by atoms with Crippen LogP contribution in [-0.2, 0) is 14.3 Å². The molecule has 1 aliphatic rings. The first kappa shape index (κ1) is 74.4. The smallest absolute Gasteiger partial charge is 0.220 e. The Labute approximate surface area is 486 Å². The van der Waals surface area contributed by atoms with Crippen LogP contribution in [0.2, 0.25) is 0 Å². The largest absolute Gasteiger partial charge is 0.394 e. The van der Waals surface area contributed by atoms with Crippen molar-refractivity contribution in [1.82, 2.24) is 5.32 Å². The minimum Gasteiger partial charge on any atom is -0.394 e. The molecule has 0 aromatic carbocycles. The lowest BCUT2D eigenvalue weighted by Crippen LogP contribution is -2.60. The summed E-state index contributed by atoms with van der Waals surface area (Å²) in [6, 6.07) is -0.808. The van der Waals surface area contributed by atoms with Crippen LogP contribution in [0.1, 0.15) is 296 Å². The summed E-state index contributed by atoms with van der Waals surface area (Å²) < 4.78 is 11.3. The first-order chi connectivity index (χ1) is 38.8. The second kappa shape index (κ2) is 58.6. The lowest BCUT2D eigenvalue weighted by Gasteiger charge is -2.40. The highest BCUT2D eigenvalue weighted by molar-refractivity contribution is 5.76. The van der Waals surface area contributed by atoms with Crippen LogP contribution < -0.4 is 5.32 Å². The fourth-order valence-corrected chi connectivity index (χ4v) is 10.3. The average Bonchev–Trinajstić information content (AvgIpc) is 3.46. The molecule has 9 nitrogen and oxygen atoms in total. The number of hydrogen-bond acceptors (Lipinski definition) is 8. The minimum absolute atomic E-state index is 0.175. The Morgan fingerprint density at radius 2 is 0.785 bits per heavy atom. The number of carbonyl (C=O) groups is 1. The highest BCUT2D eigenvalue weighted by atomic mass is 16.7. The van der Waals surface area contributed by atoms with E-state index in [-0.39, 0.29) is 12.5 Å². The molecule has 1 amide bonds. The molecule has 458 valence electrons. The number of aliphatic hydroxyl groups is 5. The second-order valence-electron chi connectivity index (χ2n) is 22.9. The van der Waals surface area contributed by atoms with Gasteiger partial charge in [-0.15, -0.1) is 0 Å². The van der Waals surface area contributed by atoms with Gasteiger partial charge >= 0.3 is 0 Å². The van der Waals surface area contributed by atoms with Gasteiger partial charge in [0.1, 0.15) is 24.4 Å². The maximum Gasteiger partial charge on any atom is 0.220 e. The zero-order chi connectivity index (χ0) is 57.2. The van der Waals surface area contributed by atoms with Crippen molar-refractivity contribution in [3.63, 3.8) is 0 Å². The van der Waals surface area contributed by atoms with Gasteiger partial charge in [-0.2, -0.15) is 0 Å². The Hall–Kier alpha value is -2.63. The van der Waals surface area contributed by atoms with Crippen molar-refractivity contribution in [1.29, 1.82) is 0 Å². The van der Waals surface area contributed by atoms with Gasteiger partial charge in [0.25, 0.3) is 0 Å². The molecular formula is C70H125NO8. The summed E-state index contributed by atoms with van der Waals surface area (Å²) in [6.07, 6.45) is 76.7. The molecule has 9 heteroatoms. The zero-order valence-corrected chi connectivity index (χ0v) is 51.1. The predicted molar refractivity (Wildman–Crippen MR) is 336 cm³/mol. The maximum absolute atomic E-state index is 13.1. The van der Waals surface area contributed by atoms with Crippen molar-refractivity contribution in [3.8, 4) is 0 Å². The molecule has 79 heavy (non-hydrogen) atoms. The fourth-order valence-electron chi connectivity index (χ4n) is 10.3.